The number of ether oxygens (including phenoxy) is 3. The lowest BCUT2D eigenvalue weighted by Gasteiger charge is -2.35. The summed E-state index contributed by atoms with van der Waals surface area (Å²) in [5, 5.41) is 0. The van der Waals surface area contributed by atoms with Gasteiger partial charge in [-0.05, 0) is 41.9 Å². The number of rotatable bonds is 1. The van der Waals surface area contributed by atoms with E-state index in [0.29, 0.717) is 43.4 Å². The maximum atomic E-state index is 12.7. The van der Waals surface area contributed by atoms with Gasteiger partial charge in [0.15, 0.2) is 11.5 Å². The number of fused-ring (bicyclic) bond motifs is 1. The van der Waals surface area contributed by atoms with Gasteiger partial charge in [-0.3, -0.25) is 4.79 Å². The summed E-state index contributed by atoms with van der Waals surface area (Å²) < 4.78 is 17.5. The molecule has 0 bridgehead atoms. The molecule has 6 heteroatoms. The van der Waals surface area contributed by atoms with Gasteiger partial charge in [0.05, 0.1) is 17.8 Å². The van der Waals surface area contributed by atoms with E-state index >= 15 is 0 Å². The molecule has 0 saturated carbocycles. The minimum atomic E-state index is -0.0131. The normalized spacial score (nSPS) is 24.8. The molecule has 3 rings (SSSR count). The van der Waals surface area contributed by atoms with Crippen LogP contribution in [0.4, 0.5) is 0 Å². The number of hydrogen-bond acceptors (Lipinski definition) is 4. The lowest BCUT2D eigenvalue weighted by Crippen LogP contribution is -2.48. The summed E-state index contributed by atoms with van der Waals surface area (Å²) in [5.74, 6) is 1.29. The van der Waals surface area contributed by atoms with Gasteiger partial charge in [0.25, 0.3) is 5.91 Å². The number of nitrogens with zero attached hydrogens (tertiary/aromatic N) is 1. The van der Waals surface area contributed by atoms with Crippen LogP contribution < -0.4 is 9.47 Å². The zero-order valence-electron chi connectivity index (χ0n) is 12.1. The fourth-order valence-corrected chi connectivity index (χ4v) is 3.23. The highest BCUT2D eigenvalue weighted by Gasteiger charge is 2.28. The highest BCUT2D eigenvalue weighted by molar-refractivity contribution is 9.10. The van der Waals surface area contributed by atoms with Crippen molar-refractivity contribution >= 4 is 21.8 Å². The van der Waals surface area contributed by atoms with Crippen molar-refractivity contribution in [1.29, 1.82) is 0 Å². The Morgan fingerprint density at radius 2 is 1.71 bits per heavy atom. The number of benzene rings is 1. The summed E-state index contributed by atoms with van der Waals surface area (Å²) in [4.78, 5) is 14.6. The van der Waals surface area contributed by atoms with Crippen molar-refractivity contribution in [3.63, 3.8) is 0 Å². The number of carbonyl (C=O) groups excluding carboxylic acids is 1. The predicted octanol–water partition coefficient (Wildman–Crippen LogP) is 2.47. The lowest BCUT2D eigenvalue weighted by molar-refractivity contribution is -0.0586. The van der Waals surface area contributed by atoms with Crippen LogP contribution in [0.1, 0.15) is 24.2 Å². The van der Waals surface area contributed by atoms with E-state index in [1.54, 1.807) is 12.1 Å². The minimum Gasteiger partial charge on any atom is -0.486 e. The number of amides is 1. The largest absolute Gasteiger partial charge is 0.486 e. The molecular weight excluding hydrogens is 338 g/mol. The summed E-state index contributed by atoms with van der Waals surface area (Å²) in [6.45, 7) is 6.21. The summed E-state index contributed by atoms with van der Waals surface area (Å²) in [6, 6.07) is 3.56. The molecule has 0 aliphatic carbocycles. The highest BCUT2D eigenvalue weighted by Crippen LogP contribution is 2.36. The Balaban J connectivity index is 1.87. The number of halogens is 1. The molecule has 0 radical (unpaired) electrons. The Morgan fingerprint density at radius 3 is 2.33 bits per heavy atom. The number of morpholine rings is 1. The molecule has 2 atom stereocenters. The first-order valence-electron chi connectivity index (χ1n) is 7.08. The number of carbonyl (C=O) groups is 1. The third kappa shape index (κ3) is 3.01. The lowest BCUT2D eigenvalue weighted by atomic mass is 10.1. The van der Waals surface area contributed by atoms with Crippen molar-refractivity contribution in [3.8, 4) is 11.5 Å². The second-order valence-electron chi connectivity index (χ2n) is 5.44. The molecule has 1 saturated heterocycles. The van der Waals surface area contributed by atoms with E-state index in [1.165, 1.54) is 0 Å². The molecule has 21 heavy (non-hydrogen) atoms. The van der Waals surface area contributed by atoms with Crippen molar-refractivity contribution < 1.29 is 19.0 Å². The van der Waals surface area contributed by atoms with Gasteiger partial charge in [0, 0.05) is 17.6 Å². The van der Waals surface area contributed by atoms with Crippen LogP contribution in [0.25, 0.3) is 0 Å². The molecule has 1 fully saturated rings. The average molecular weight is 356 g/mol. The molecule has 2 aliphatic rings. The molecule has 2 aliphatic heterocycles. The van der Waals surface area contributed by atoms with Crippen molar-refractivity contribution in [1.82, 2.24) is 4.90 Å². The molecule has 2 unspecified atom stereocenters. The Bertz CT molecular complexity index is 553. The van der Waals surface area contributed by atoms with Gasteiger partial charge in [-0.1, -0.05) is 0 Å². The van der Waals surface area contributed by atoms with E-state index in [1.807, 2.05) is 18.7 Å². The summed E-state index contributed by atoms with van der Waals surface area (Å²) in [5.41, 5.74) is 0.598. The van der Waals surface area contributed by atoms with E-state index in [9.17, 15) is 4.79 Å². The number of hydrogen-bond donors (Lipinski definition) is 0. The third-order valence-corrected chi connectivity index (χ3v) is 4.23. The second kappa shape index (κ2) is 5.85. The van der Waals surface area contributed by atoms with Gasteiger partial charge in [-0.25, -0.2) is 0 Å². The zero-order valence-corrected chi connectivity index (χ0v) is 13.7. The quantitative estimate of drug-likeness (QED) is 0.776. The topological polar surface area (TPSA) is 48.0 Å². The monoisotopic (exact) mass is 355 g/mol. The van der Waals surface area contributed by atoms with Crippen LogP contribution in [0.15, 0.2) is 16.6 Å². The molecule has 0 aromatic heterocycles. The van der Waals surface area contributed by atoms with Gasteiger partial charge in [0.1, 0.15) is 13.2 Å². The fraction of sp³-hybridized carbons (Fsp3) is 0.533. The van der Waals surface area contributed by atoms with E-state index < -0.39 is 0 Å². The Kier molecular flexibility index (Phi) is 4.08. The predicted molar refractivity (Wildman–Crippen MR) is 81.0 cm³/mol. The maximum absolute atomic E-state index is 12.7. The van der Waals surface area contributed by atoms with Crippen LogP contribution >= 0.6 is 15.9 Å². The maximum Gasteiger partial charge on any atom is 0.255 e. The average Bonchev–Trinajstić information content (AvgIpc) is 2.44. The molecule has 114 valence electrons. The molecule has 0 spiro atoms. The summed E-state index contributed by atoms with van der Waals surface area (Å²) in [7, 11) is 0. The standard InChI is InChI=1S/C15H18BrNO4/c1-9-7-17(8-10(2)21-9)15(18)11-5-13-14(6-12(11)16)20-4-3-19-13/h5-6,9-10H,3-4,7-8H2,1-2H3. The SMILES string of the molecule is CC1CN(C(=O)c2cc3c(cc2Br)OCCO3)CC(C)O1. The van der Waals surface area contributed by atoms with E-state index in [-0.39, 0.29) is 18.1 Å². The highest BCUT2D eigenvalue weighted by atomic mass is 79.9. The molecule has 0 N–H and O–H groups in total. The third-order valence-electron chi connectivity index (χ3n) is 3.57. The Hall–Kier alpha value is -1.27. The van der Waals surface area contributed by atoms with Gasteiger partial charge >= 0.3 is 0 Å². The second-order valence-corrected chi connectivity index (χ2v) is 6.30. The van der Waals surface area contributed by atoms with Crippen molar-refractivity contribution in [2.75, 3.05) is 26.3 Å². The van der Waals surface area contributed by atoms with Gasteiger partial charge in [-0.15, -0.1) is 0 Å². The summed E-state index contributed by atoms with van der Waals surface area (Å²) >= 11 is 3.46. The van der Waals surface area contributed by atoms with Gasteiger partial charge in [-0.2, -0.15) is 0 Å². The van der Waals surface area contributed by atoms with Gasteiger partial charge < -0.3 is 19.1 Å². The Labute approximate surface area is 132 Å². The van der Waals surface area contributed by atoms with E-state index in [4.69, 9.17) is 14.2 Å². The fourth-order valence-electron chi connectivity index (χ4n) is 2.74. The Morgan fingerprint density at radius 1 is 1.14 bits per heavy atom. The molecular formula is C15H18BrNO4. The van der Waals surface area contributed by atoms with Crippen LogP contribution in [0.2, 0.25) is 0 Å². The van der Waals surface area contributed by atoms with Gasteiger partial charge in [0.2, 0.25) is 0 Å². The minimum absolute atomic E-state index is 0.0131. The van der Waals surface area contributed by atoms with E-state index in [0.717, 1.165) is 4.47 Å². The molecule has 1 amide bonds. The van der Waals surface area contributed by atoms with Crippen LogP contribution in [-0.4, -0.2) is 49.3 Å². The smallest absolute Gasteiger partial charge is 0.255 e. The van der Waals surface area contributed by atoms with Crippen LogP contribution in [0, 0.1) is 0 Å². The molecule has 2 heterocycles. The van der Waals surface area contributed by atoms with Crippen LogP contribution in [0.3, 0.4) is 0 Å². The zero-order chi connectivity index (χ0) is 15.0. The first-order chi connectivity index (χ1) is 10.0. The van der Waals surface area contributed by atoms with Crippen molar-refractivity contribution in [2.45, 2.75) is 26.1 Å². The molecule has 5 nitrogen and oxygen atoms in total. The van der Waals surface area contributed by atoms with Crippen molar-refractivity contribution in [2.24, 2.45) is 0 Å². The summed E-state index contributed by atoms with van der Waals surface area (Å²) in [6.07, 6.45) is 0.0994. The first-order valence-corrected chi connectivity index (χ1v) is 7.88. The van der Waals surface area contributed by atoms with Crippen LogP contribution in [-0.2, 0) is 4.74 Å². The van der Waals surface area contributed by atoms with E-state index in [2.05, 4.69) is 15.9 Å². The van der Waals surface area contributed by atoms with Crippen molar-refractivity contribution in [3.05, 3.63) is 22.2 Å². The molecule has 1 aromatic carbocycles. The molecule has 1 aromatic rings. The first kappa shape index (κ1) is 14.7. The van der Waals surface area contributed by atoms with Crippen LogP contribution in [0.5, 0.6) is 11.5 Å².